The number of ether oxygens (including phenoxy) is 1. The van der Waals surface area contributed by atoms with Gasteiger partial charge in [-0.15, -0.1) is 0 Å². The molecule has 0 radical (unpaired) electrons. The number of hydrogen-bond acceptors (Lipinski definition) is 5. The molecule has 8 nitrogen and oxygen atoms in total. The highest BCUT2D eigenvalue weighted by atomic mass is 32.2. The average Bonchev–Trinajstić information content (AvgIpc) is 3.13. The first kappa shape index (κ1) is 20.4. The summed E-state index contributed by atoms with van der Waals surface area (Å²) in [5.74, 6) is 0.256. The van der Waals surface area contributed by atoms with Crippen molar-refractivity contribution in [3.8, 4) is 5.75 Å². The van der Waals surface area contributed by atoms with Gasteiger partial charge in [0.05, 0.1) is 23.9 Å². The lowest BCUT2D eigenvalue weighted by molar-refractivity contribution is 0.0951. The third-order valence-corrected chi connectivity index (χ3v) is 5.71. The highest BCUT2D eigenvalue weighted by Gasteiger charge is 2.17. The number of rotatable bonds is 7. The first-order valence-electron chi connectivity index (χ1n) is 8.82. The van der Waals surface area contributed by atoms with Gasteiger partial charge in [-0.25, -0.2) is 8.42 Å². The van der Waals surface area contributed by atoms with Gasteiger partial charge in [0.25, 0.3) is 15.9 Å². The Morgan fingerprint density at radius 2 is 1.90 bits per heavy atom. The Bertz CT molecular complexity index is 1120. The van der Waals surface area contributed by atoms with Crippen LogP contribution < -0.4 is 14.8 Å². The minimum atomic E-state index is -3.80. The number of benzene rings is 2. The SMILES string of the molecule is COc1ccc(S(=O)(=O)Nc2cc(C(=O)NCc3cnn(C)c3)ccc2C)cc1. The number of anilines is 1. The van der Waals surface area contributed by atoms with Gasteiger partial charge in [-0.2, -0.15) is 5.10 Å². The normalized spacial score (nSPS) is 11.1. The van der Waals surface area contributed by atoms with Gasteiger partial charge in [-0.05, 0) is 48.9 Å². The van der Waals surface area contributed by atoms with Crippen LogP contribution >= 0.6 is 0 Å². The smallest absolute Gasteiger partial charge is 0.261 e. The van der Waals surface area contributed by atoms with Crippen molar-refractivity contribution in [3.63, 3.8) is 0 Å². The molecular weight excluding hydrogens is 392 g/mol. The first-order chi connectivity index (χ1) is 13.8. The van der Waals surface area contributed by atoms with Gasteiger partial charge >= 0.3 is 0 Å². The van der Waals surface area contributed by atoms with Crippen molar-refractivity contribution in [2.45, 2.75) is 18.4 Å². The van der Waals surface area contributed by atoms with Crippen molar-refractivity contribution in [1.29, 1.82) is 0 Å². The second-order valence-corrected chi connectivity index (χ2v) is 8.20. The Labute approximate surface area is 169 Å². The Balaban J connectivity index is 1.76. The van der Waals surface area contributed by atoms with Crippen molar-refractivity contribution in [3.05, 3.63) is 71.5 Å². The first-order valence-corrected chi connectivity index (χ1v) is 10.3. The number of aryl methyl sites for hydroxylation is 2. The Hall–Kier alpha value is -3.33. The lowest BCUT2D eigenvalue weighted by Gasteiger charge is -2.13. The molecule has 0 aliphatic rings. The Kier molecular flexibility index (Phi) is 5.88. The molecule has 29 heavy (non-hydrogen) atoms. The summed E-state index contributed by atoms with van der Waals surface area (Å²) in [6.07, 6.45) is 3.48. The molecule has 0 unspecified atom stereocenters. The van der Waals surface area contributed by atoms with E-state index in [1.165, 1.54) is 25.3 Å². The lowest BCUT2D eigenvalue weighted by atomic mass is 10.1. The summed E-state index contributed by atoms with van der Waals surface area (Å²) in [7, 11) is -0.496. The second-order valence-electron chi connectivity index (χ2n) is 6.52. The van der Waals surface area contributed by atoms with Crippen LogP contribution in [0.15, 0.2) is 59.8 Å². The molecule has 2 aromatic carbocycles. The topological polar surface area (TPSA) is 102 Å². The van der Waals surface area contributed by atoms with E-state index >= 15 is 0 Å². The molecule has 0 saturated heterocycles. The summed E-state index contributed by atoms with van der Waals surface area (Å²) >= 11 is 0. The van der Waals surface area contributed by atoms with Crippen LogP contribution in [0.25, 0.3) is 0 Å². The summed E-state index contributed by atoms with van der Waals surface area (Å²) in [4.78, 5) is 12.6. The Morgan fingerprint density at radius 1 is 1.17 bits per heavy atom. The molecule has 3 aromatic rings. The third-order valence-electron chi connectivity index (χ3n) is 4.33. The molecule has 0 bridgehead atoms. The molecule has 0 aliphatic heterocycles. The zero-order valence-corrected chi connectivity index (χ0v) is 17.2. The third kappa shape index (κ3) is 4.94. The van der Waals surface area contributed by atoms with Crippen molar-refractivity contribution in [1.82, 2.24) is 15.1 Å². The van der Waals surface area contributed by atoms with Crippen LogP contribution in [0.3, 0.4) is 0 Å². The van der Waals surface area contributed by atoms with E-state index in [9.17, 15) is 13.2 Å². The number of nitrogens with one attached hydrogen (secondary N) is 2. The number of sulfonamides is 1. The number of nitrogens with zero attached hydrogens (tertiary/aromatic N) is 2. The molecule has 0 spiro atoms. The molecule has 1 heterocycles. The highest BCUT2D eigenvalue weighted by molar-refractivity contribution is 7.92. The van der Waals surface area contributed by atoms with Gasteiger partial charge in [-0.1, -0.05) is 6.07 Å². The summed E-state index contributed by atoms with van der Waals surface area (Å²) in [5.41, 5.74) is 2.26. The molecule has 3 rings (SSSR count). The van der Waals surface area contributed by atoms with Gasteiger partial charge in [-0.3, -0.25) is 14.2 Å². The predicted octanol–water partition coefficient (Wildman–Crippen LogP) is 2.47. The average molecular weight is 414 g/mol. The van der Waals surface area contributed by atoms with Gasteiger partial charge in [0, 0.05) is 30.9 Å². The van der Waals surface area contributed by atoms with Crippen LogP contribution in [0.2, 0.25) is 0 Å². The molecule has 0 saturated carbocycles. The molecule has 152 valence electrons. The summed E-state index contributed by atoms with van der Waals surface area (Å²) < 4.78 is 34.6. The lowest BCUT2D eigenvalue weighted by Crippen LogP contribution is -2.23. The summed E-state index contributed by atoms with van der Waals surface area (Å²) in [5, 5.41) is 6.85. The fraction of sp³-hybridized carbons (Fsp3) is 0.200. The van der Waals surface area contributed by atoms with E-state index in [0.29, 0.717) is 29.1 Å². The van der Waals surface area contributed by atoms with Crippen LogP contribution in [-0.4, -0.2) is 31.2 Å². The molecule has 0 fully saturated rings. The van der Waals surface area contributed by atoms with E-state index in [-0.39, 0.29) is 10.8 Å². The van der Waals surface area contributed by atoms with E-state index < -0.39 is 10.0 Å². The van der Waals surface area contributed by atoms with Gasteiger partial charge in [0.15, 0.2) is 0 Å². The minimum Gasteiger partial charge on any atom is -0.497 e. The maximum Gasteiger partial charge on any atom is 0.261 e. The number of amides is 1. The zero-order valence-electron chi connectivity index (χ0n) is 16.3. The minimum absolute atomic E-state index is 0.101. The standard InChI is InChI=1S/C20H22N4O4S/c1-14-4-5-16(20(25)21-11-15-12-22-24(2)13-15)10-19(14)23-29(26,27)18-8-6-17(28-3)7-9-18/h4-10,12-13,23H,11H2,1-3H3,(H,21,25). The van der Waals surface area contributed by atoms with E-state index in [2.05, 4.69) is 15.1 Å². The maximum atomic E-state index is 12.7. The monoisotopic (exact) mass is 414 g/mol. The van der Waals surface area contributed by atoms with Crippen LogP contribution in [0.5, 0.6) is 5.75 Å². The molecule has 9 heteroatoms. The maximum absolute atomic E-state index is 12.7. The fourth-order valence-corrected chi connectivity index (χ4v) is 3.80. The van der Waals surface area contributed by atoms with Crippen LogP contribution in [0.1, 0.15) is 21.5 Å². The largest absolute Gasteiger partial charge is 0.497 e. The highest BCUT2D eigenvalue weighted by Crippen LogP contribution is 2.23. The van der Waals surface area contributed by atoms with E-state index in [0.717, 1.165) is 5.56 Å². The molecule has 1 amide bonds. The summed E-state index contributed by atoms with van der Waals surface area (Å²) in [6.45, 7) is 2.09. The number of methoxy groups -OCH3 is 1. The molecule has 2 N–H and O–H groups in total. The number of carbonyl (C=O) groups is 1. The van der Waals surface area contributed by atoms with Crippen molar-refractivity contribution in [2.75, 3.05) is 11.8 Å². The van der Waals surface area contributed by atoms with E-state index in [1.807, 2.05) is 6.20 Å². The van der Waals surface area contributed by atoms with Crippen molar-refractivity contribution >= 4 is 21.6 Å². The van der Waals surface area contributed by atoms with Crippen LogP contribution in [0, 0.1) is 6.92 Å². The number of carbonyl (C=O) groups excluding carboxylic acids is 1. The predicted molar refractivity (Wildman–Crippen MR) is 109 cm³/mol. The van der Waals surface area contributed by atoms with E-state index in [4.69, 9.17) is 4.74 Å². The van der Waals surface area contributed by atoms with Gasteiger partial charge in [0.1, 0.15) is 5.75 Å². The molecule has 0 atom stereocenters. The molecule has 0 aliphatic carbocycles. The van der Waals surface area contributed by atoms with Crippen LogP contribution in [-0.2, 0) is 23.6 Å². The Morgan fingerprint density at radius 3 is 2.52 bits per heavy atom. The second kappa shape index (κ2) is 8.36. The van der Waals surface area contributed by atoms with Gasteiger partial charge < -0.3 is 10.1 Å². The van der Waals surface area contributed by atoms with Crippen LogP contribution in [0.4, 0.5) is 5.69 Å². The number of aromatic nitrogens is 2. The van der Waals surface area contributed by atoms with E-state index in [1.54, 1.807) is 49.1 Å². The number of hydrogen-bond donors (Lipinski definition) is 2. The molecular formula is C20H22N4O4S. The zero-order chi connectivity index (χ0) is 21.0. The fourth-order valence-electron chi connectivity index (χ4n) is 2.68. The summed E-state index contributed by atoms with van der Waals surface area (Å²) in [6, 6.07) is 10.9. The quantitative estimate of drug-likeness (QED) is 0.618. The molecule has 1 aromatic heterocycles. The van der Waals surface area contributed by atoms with Crippen molar-refractivity contribution < 1.29 is 17.9 Å². The van der Waals surface area contributed by atoms with Gasteiger partial charge in [0.2, 0.25) is 0 Å². The van der Waals surface area contributed by atoms with Crippen molar-refractivity contribution in [2.24, 2.45) is 7.05 Å².